The Hall–Kier alpha value is -1.85. The molecule has 0 saturated carbocycles. The molecular formula is C8H8N2O4. The molecule has 14 heavy (non-hydrogen) atoms. The standard InChI is InChI=1S/C8H8N2O4/c11-6-5(7(12)13)4-2-1-3-10(4)8(14)9-6/h1-3H2,(H,12,13)(H,9,11,14). The zero-order valence-corrected chi connectivity index (χ0v) is 7.24. The summed E-state index contributed by atoms with van der Waals surface area (Å²) in [6, 6.07) is 0. The number of hydrogen-bond acceptors (Lipinski definition) is 3. The quantitative estimate of drug-likeness (QED) is 0.613. The van der Waals surface area contributed by atoms with Crippen LogP contribution in [0.3, 0.4) is 0 Å². The van der Waals surface area contributed by atoms with Crippen molar-refractivity contribution in [3.8, 4) is 0 Å². The van der Waals surface area contributed by atoms with Crippen molar-refractivity contribution >= 4 is 5.97 Å². The number of hydrogen-bond donors (Lipinski definition) is 2. The number of carboxylic acids is 1. The van der Waals surface area contributed by atoms with E-state index in [0.717, 1.165) is 0 Å². The van der Waals surface area contributed by atoms with Crippen LogP contribution in [0.4, 0.5) is 0 Å². The maximum absolute atomic E-state index is 11.2. The van der Waals surface area contributed by atoms with Gasteiger partial charge in [0.2, 0.25) is 0 Å². The summed E-state index contributed by atoms with van der Waals surface area (Å²) in [6.07, 6.45) is 1.17. The van der Waals surface area contributed by atoms with Crippen molar-refractivity contribution in [1.82, 2.24) is 9.55 Å². The fourth-order valence-corrected chi connectivity index (χ4v) is 1.74. The predicted octanol–water partition coefficient (Wildman–Crippen LogP) is -0.819. The number of aromatic carboxylic acids is 1. The topological polar surface area (TPSA) is 92.2 Å². The van der Waals surface area contributed by atoms with Gasteiger partial charge in [0, 0.05) is 12.2 Å². The van der Waals surface area contributed by atoms with Crippen LogP contribution in [0, 0.1) is 0 Å². The molecule has 2 N–H and O–H groups in total. The van der Waals surface area contributed by atoms with Crippen molar-refractivity contribution in [3.63, 3.8) is 0 Å². The highest BCUT2D eigenvalue weighted by Gasteiger charge is 2.23. The van der Waals surface area contributed by atoms with Crippen molar-refractivity contribution in [1.29, 1.82) is 0 Å². The van der Waals surface area contributed by atoms with Crippen molar-refractivity contribution < 1.29 is 9.90 Å². The number of aromatic amines is 1. The van der Waals surface area contributed by atoms with Crippen molar-refractivity contribution in [3.05, 3.63) is 32.1 Å². The molecule has 0 radical (unpaired) electrons. The van der Waals surface area contributed by atoms with Gasteiger partial charge >= 0.3 is 11.7 Å². The summed E-state index contributed by atoms with van der Waals surface area (Å²) in [5.74, 6) is -1.28. The summed E-state index contributed by atoms with van der Waals surface area (Å²) in [4.78, 5) is 35.2. The number of fused-ring (bicyclic) bond motifs is 1. The van der Waals surface area contributed by atoms with Crippen molar-refractivity contribution in [2.45, 2.75) is 19.4 Å². The van der Waals surface area contributed by atoms with Gasteiger partial charge in [0.1, 0.15) is 5.56 Å². The Morgan fingerprint density at radius 3 is 2.79 bits per heavy atom. The highest BCUT2D eigenvalue weighted by molar-refractivity contribution is 5.88. The lowest BCUT2D eigenvalue weighted by Crippen LogP contribution is -2.34. The summed E-state index contributed by atoms with van der Waals surface area (Å²) in [5, 5.41) is 8.79. The van der Waals surface area contributed by atoms with Crippen LogP contribution >= 0.6 is 0 Å². The number of nitrogens with zero attached hydrogens (tertiary/aromatic N) is 1. The van der Waals surface area contributed by atoms with Gasteiger partial charge in [-0.25, -0.2) is 9.59 Å². The Kier molecular flexibility index (Phi) is 1.77. The van der Waals surface area contributed by atoms with E-state index in [0.29, 0.717) is 25.1 Å². The first-order chi connectivity index (χ1) is 6.61. The summed E-state index contributed by atoms with van der Waals surface area (Å²) in [5.41, 5.74) is -1.29. The molecule has 0 atom stereocenters. The minimum absolute atomic E-state index is 0.304. The highest BCUT2D eigenvalue weighted by Crippen LogP contribution is 2.12. The van der Waals surface area contributed by atoms with E-state index in [1.165, 1.54) is 4.57 Å². The van der Waals surface area contributed by atoms with Crippen molar-refractivity contribution in [2.24, 2.45) is 0 Å². The number of H-pyrrole nitrogens is 1. The van der Waals surface area contributed by atoms with Crippen LogP contribution < -0.4 is 11.2 Å². The molecule has 0 saturated heterocycles. The normalized spacial score (nSPS) is 14.0. The number of aromatic nitrogens is 2. The molecule has 1 aromatic rings. The molecule has 1 aromatic heterocycles. The molecule has 0 bridgehead atoms. The van der Waals surface area contributed by atoms with Gasteiger partial charge < -0.3 is 5.11 Å². The summed E-state index contributed by atoms with van der Waals surface area (Å²) in [7, 11) is 0. The molecule has 0 amide bonds. The van der Waals surface area contributed by atoms with Crippen LogP contribution in [0.2, 0.25) is 0 Å². The van der Waals surface area contributed by atoms with Gasteiger partial charge in [-0.1, -0.05) is 0 Å². The van der Waals surface area contributed by atoms with Gasteiger partial charge in [0.05, 0.1) is 0 Å². The lowest BCUT2D eigenvalue weighted by Gasteiger charge is -2.03. The molecule has 1 aliphatic rings. The summed E-state index contributed by atoms with van der Waals surface area (Å²) >= 11 is 0. The Balaban J connectivity index is 2.85. The van der Waals surface area contributed by atoms with E-state index in [1.54, 1.807) is 0 Å². The van der Waals surface area contributed by atoms with Crippen LogP contribution in [0.15, 0.2) is 9.59 Å². The lowest BCUT2D eigenvalue weighted by molar-refractivity contribution is 0.0692. The molecule has 74 valence electrons. The Labute approximate surface area is 77.8 Å². The molecule has 2 rings (SSSR count). The minimum atomic E-state index is -1.28. The molecule has 0 aliphatic carbocycles. The largest absolute Gasteiger partial charge is 0.477 e. The molecule has 6 heteroatoms. The second kappa shape index (κ2) is 2.83. The molecule has 0 spiro atoms. The summed E-state index contributed by atoms with van der Waals surface area (Å²) in [6.45, 7) is 0.477. The molecule has 0 fully saturated rings. The Morgan fingerprint density at radius 2 is 2.14 bits per heavy atom. The van der Waals surface area contributed by atoms with Gasteiger partial charge in [-0.2, -0.15) is 0 Å². The van der Waals surface area contributed by atoms with E-state index in [9.17, 15) is 14.4 Å². The van der Waals surface area contributed by atoms with Crippen LogP contribution in [-0.4, -0.2) is 20.6 Å². The van der Waals surface area contributed by atoms with E-state index < -0.39 is 17.2 Å². The molecular weight excluding hydrogens is 188 g/mol. The van der Waals surface area contributed by atoms with Gasteiger partial charge in [0.15, 0.2) is 0 Å². The van der Waals surface area contributed by atoms with E-state index in [2.05, 4.69) is 0 Å². The first kappa shape index (κ1) is 8.74. The smallest absolute Gasteiger partial charge is 0.343 e. The third-order valence-corrected chi connectivity index (χ3v) is 2.32. The van der Waals surface area contributed by atoms with E-state index >= 15 is 0 Å². The molecule has 6 nitrogen and oxygen atoms in total. The number of carboxylic acid groups (broad SMARTS) is 1. The van der Waals surface area contributed by atoms with Crippen LogP contribution in [-0.2, 0) is 13.0 Å². The first-order valence-corrected chi connectivity index (χ1v) is 4.20. The van der Waals surface area contributed by atoms with Gasteiger partial charge in [-0.15, -0.1) is 0 Å². The molecule has 1 aliphatic heterocycles. The maximum Gasteiger partial charge on any atom is 0.343 e. The zero-order valence-electron chi connectivity index (χ0n) is 7.24. The molecule has 2 heterocycles. The fourth-order valence-electron chi connectivity index (χ4n) is 1.74. The van der Waals surface area contributed by atoms with E-state index in [1.807, 2.05) is 4.98 Å². The Morgan fingerprint density at radius 1 is 1.43 bits per heavy atom. The zero-order chi connectivity index (χ0) is 10.3. The van der Waals surface area contributed by atoms with Gasteiger partial charge in [0.25, 0.3) is 5.56 Å². The molecule has 0 aromatic carbocycles. The number of carbonyl (C=O) groups is 1. The second-order valence-corrected chi connectivity index (χ2v) is 3.14. The highest BCUT2D eigenvalue weighted by atomic mass is 16.4. The van der Waals surface area contributed by atoms with Crippen LogP contribution in [0.1, 0.15) is 22.5 Å². The van der Waals surface area contributed by atoms with Crippen molar-refractivity contribution in [2.75, 3.05) is 0 Å². The lowest BCUT2D eigenvalue weighted by atomic mass is 10.2. The van der Waals surface area contributed by atoms with E-state index in [4.69, 9.17) is 5.11 Å². The third-order valence-electron chi connectivity index (χ3n) is 2.32. The van der Waals surface area contributed by atoms with Crippen LogP contribution in [0.5, 0.6) is 0 Å². The summed E-state index contributed by atoms with van der Waals surface area (Å²) < 4.78 is 1.31. The SMILES string of the molecule is O=C(O)c1c2n(c(=O)[nH]c1=O)CCC2. The van der Waals surface area contributed by atoms with E-state index in [-0.39, 0.29) is 5.56 Å². The number of rotatable bonds is 1. The van der Waals surface area contributed by atoms with Gasteiger partial charge in [-0.3, -0.25) is 14.3 Å². The molecule has 0 unspecified atom stereocenters. The maximum atomic E-state index is 11.2. The fraction of sp³-hybridized carbons (Fsp3) is 0.375. The Bertz CT molecular complexity index is 511. The van der Waals surface area contributed by atoms with Crippen LogP contribution in [0.25, 0.3) is 0 Å². The number of nitrogens with one attached hydrogen (secondary N) is 1. The third kappa shape index (κ3) is 1.07. The average Bonchev–Trinajstić information content (AvgIpc) is 2.51. The monoisotopic (exact) mass is 196 g/mol. The second-order valence-electron chi connectivity index (χ2n) is 3.14. The predicted molar refractivity (Wildman–Crippen MR) is 46.6 cm³/mol. The first-order valence-electron chi connectivity index (χ1n) is 4.20. The van der Waals surface area contributed by atoms with Gasteiger partial charge in [-0.05, 0) is 12.8 Å². The average molecular weight is 196 g/mol. The minimum Gasteiger partial charge on any atom is -0.477 e.